The van der Waals surface area contributed by atoms with Crippen LogP contribution in [0.15, 0.2) is 24.3 Å². The van der Waals surface area contributed by atoms with Gasteiger partial charge in [0, 0.05) is 25.3 Å². The van der Waals surface area contributed by atoms with Gasteiger partial charge >= 0.3 is 0 Å². The molecule has 1 aromatic carbocycles. The van der Waals surface area contributed by atoms with Crippen LogP contribution in [0.2, 0.25) is 0 Å². The van der Waals surface area contributed by atoms with E-state index in [0.717, 1.165) is 13.1 Å². The highest BCUT2D eigenvalue weighted by molar-refractivity contribution is 5.54. The molecule has 0 fully saturated rings. The summed E-state index contributed by atoms with van der Waals surface area (Å²) in [6.45, 7) is 6.92. The van der Waals surface area contributed by atoms with Gasteiger partial charge in [0.15, 0.2) is 0 Å². The molecular weight excluding hydrogens is 244 g/mol. The molecule has 0 saturated heterocycles. The van der Waals surface area contributed by atoms with E-state index in [1.807, 2.05) is 0 Å². The van der Waals surface area contributed by atoms with Gasteiger partial charge in [-0.1, -0.05) is 44.4 Å². The molecule has 0 atom stereocenters. The molecule has 0 radical (unpaired) electrons. The second-order valence-corrected chi connectivity index (χ2v) is 5.88. The fraction of sp³-hybridized carbons (Fsp3) is 0.667. The molecule has 0 bridgehead atoms. The summed E-state index contributed by atoms with van der Waals surface area (Å²) in [6, 6.07) is 8.94. The van der Waals surface area contributed by atoms with Crippen molar-refractivity contribution in [2.45, 2.75) is 51.9 Å². The molecule has 2 nitrogen and oxygen atoms in total. The van der Waals surface area contributed by atoms with Gasteiger partial charge in [0.05, 0.1) is 0 Å². The Morgan fingerprint density at radius 1 is 1.05 bits per heavy atom. The quantitative estimate of drug-likeness (QED) is 0.721. The lowest BCUT2D eigenvalue weighted by Gasteiger charge is -2.25. The maximum atomic E-state index is 3.60. The largest absolute Gasteiger partial charge is 0.370 e. The number of para-hydroxylation sites is 1. The Bertz CT molecular complexity index is 375. The molecule has 1 aromatic rings. The van der Waals surface area contributed by atoms with Crippen LogP contribution in [0, 0.1) is 0 Å². The van der Waals surface area contributed by atoms with Crippen LogP contribution in [0.25, 0.3) is 0 Å². The summed E-state index contributed by atoms with van der Waals surface area (Å²) >= 11 is 0. The van der Waals surface area contributed by atoms with Crippen molar-refractivity contribution in [2.75, 3.05) is 31.1 Å². The van der Waals surface area contributed by atoms with Crippen LogP contribution >= 0.6 is 0 Å². The van der Waals surface area contributed by atoms with Crippen LogP contribution in [0.1, 0.15) is 51.0 Å². The predicted molar refractivity (Wildman–Crippen MR) is 88.6 cm³/mol. The van der Waals surface area contributed by atoms with Gasteiger partial charge in [0.2, 0.25) is 0 Å². The molecule has 0 amide bonds. The van der Waals surface area contributed by atoms with Crippen molar-refractivity contribution < 1.29 is 0 Å². The topological polar surface area (TPSA) is 15.3 Å². The first-order valence-electron chi connectivity index (χ1n) is 8.45. The van der Waals surface area contributed by atoms with E-state index in [4.69, 9.17) is 0 Å². The Morgan fingerprint density at radius 3 is 2.85 bits per heavy atom. The van der Waals surface area contributed by atoms with Gasteiger partial charge in [-0.2, -0.15) is 0 Å². The molecule has 0 aliphatic carbocycles. The van der Waals surface area contributed by atoms with Crippen LogP contribution in [-0.4, -0.2) is 26.2 Å². The number of anilines is 1. The molecule has 1 aliphatic rings. The van der Waals surface area contributed by atoms with Gasteiger partial charge in [-0.05, 0) is 43.9 Å². The van der Waals surface area contributed by atoms with Gasteiger partial charge in [-0.15, -0.1) is 0 Å². The van der Waals surface area contributed by atoms with Crippen LogP contribution in [-0.2, 0) is 6.42 Å². The fourth-order valence-corrected chi connectivity index (χ4v) is 3.02. The lowest BCUT2D eigenvalue weighted by Crippen LogP contribution is -2.33. The Kier molecular flexibility index (Phi) is 6.93. The second-order valence-electron chi connectivity index (χ2n) is 5.88. The first kappa shape index (κ1) is 15.4. The summed E-state index contributed by atoms with van der Waals surface area (Å²) in [6.07, 6.45) is 9.30. The number of benzene rings is 1. The Morgan fingerprint density at radius 2 is 1.95 bits per heavy atom. The SMILES string of the molecule is CCCCCCNCCN1CCCCc2ccccc21. The first-order chi connectivity index (χ1) is 9.92. The highest BCUT2D eigenvalue weighted by atomic mass is 15.1. The standard InChI is InChI=1S/C18H30N2/c1-2-3-4-8-13-19-14-16-20-15-9-7-11-17-10-5-6-12-18(17)20/h5-6,10,12,19H,2-4,7-9,11,13-16H2,1H3. The van der Waals surface area contributed by atoms with Crippen LogP contribution in [0.4, 0.5) is 5.69 Å². The van der Waals surface area contributed by atoms with Crippen molar-refractivity contribution in [3.05, 3.63) is 29.8 Å². The van der Waals surface area contributed by atoms with Crippen molar-refractivity contribution in [3.8, 4) is 0 Å². The molecule has 2 rings (SSSR count). The maximum Gasteiger partial charge on any atom is 0.0399 e. The van der Waals surface area contributed by atoms with Gasteiger partial charge < -0.3 is 10.2 Å². The minimum Gasteiger partial charge on any atom is -0.370 e. The molecule has 1 N–H and O–H groups in total. The monoisotopic (exact) mass is 274 g/mol. The first-order valence-corrected chi connectivity index (χ1v) is 8.45. The number of fused-ring (bicyclic) bond motifs is 1. The Balaban J connectivity index is 1.72. The van der Waals surface area contributed by atoms with Crippen molar-refractivity contribution in [1.82, 2.24) is 5.32 Å². The Labute approximate surface area is 124 Å². The number of rotatable bonds is 8. The van der Waals surface area contributed by atoms with Crippen LogP contribution in [0.5, 0.6) is 0 Å². The van der Waals surface area contributed by atoms with Crippen molar-refractivity contribution in [2.24, 2.45) is 0 Å². The summed E-state index contributed by atoms with van der Waals surface area (Å²) in [5, 5.41) is 3.60. The third-order valence-corrected chi connectivity index (χ3v) is 4.22. The summed E-state index contributed by atoms with van der Waals surface area (Å²) in [5.74, 6) is 0. The number of unbranched alkanes of at least 4 members (excludes halogenated alkanes) is 3. The maximum absolute atomic E-state index is 3.60. The summed E-state index contributed by atoms with van der Waals surface area (Å²) < 4.78 is 0. The molecular formula is C18H30N2. The molecule has 1 aliphatic heterocycles. The summed E-state index contributed by atoms with van der Waals surface area (Å²) in [7, 11) is 0. The number of nitrogens with one attached hydrogen (secondary N) is 1. The third-order valence-electron chi connectivity index (χ3n) is 4.22. The van der Waals surface area contributed by atoms with E-state index in [1.165, 1.54) is 69.3 Å². The summed E-state index contributed by atoms with van der Waals surface area (Å²) in [4.78, 5) is 2.57. The average molecular weight is 274 g/mol. The van der Waals surface area contributed by atoms with E-state index >= 15 is 0 Å². The molecule has 20 heavy (non-hydrogen) atoms. The molecule has 0 spiro atoms. The average Bonchev–Trinajstić information content (AvgIpc) is 2.69. The molecule has 0 unspecified atom stereocenters. The lowest BCUT2D eigenvalue weighted by atomic mass is 10.1. The van der Waals surface area contributed by atoms with Crippen molar-refractivity contribution in [3.63, 3.8) is 0 Å². The molecule has 0 aromatic heterocycles. The van der Waals surface area contributed by atoms with Gasteiger partial charge in [0.1, 0.15) is 0 Å². The molecule has 2 heteroatoms. The van der Waals surface area contributed by atoms with Gasteiger partial charge in [0.25, 0.3) is 0 Å². The zero-order valence-electron chi connectivity index (χ0n) is 13.0. The molecule has 0 saturated carbocycles. The van der Waals surface area contributed by atoms with Gasteiger partial charge in [-0.25, -0.2) is 0 Å². The lowest BCUT2D eigenvalue weighted by molar-refractivity contribution is 0.590. The van der Waals surface area contributed by atoms with Crippen LogP contribution < -0.4 is 10.2 Å². The minimum absolute atomic E-state index is 1.11. The molecule has 112 valence electrons. The minimum atomic E-state index is 1.11. The summed E-state index contributed by atoms with van der Waals surface area (Å²) in [5.41, 5.74) is 3.01. The van der Waals surface area contributed by atoms with E-state index in [0.29, 0.717) is 0 Å². The second kappa shape index (κ2) is 9.02. The van der Waals surface area contributed by atoms with E-state index in [1.54, 1.807) is 0 Å². The zero-order chi connectivity index (χ0) is 14.0. The van der Waals surface area contributed by atoms with Crippen molar-refractivity contribution >= 4 is 5.69 Å². The number of aryl methyl sites for hydroxylation is 1. The highest BCUT2D eigenvalue weighted by Gasteiger charge is 2.13. The van der Waals surface area contributed by atoms with E-state index in [-0.39, 0.29) is 0 Å². The third kappa shape index (κ3) is 4.82. The number of nitrogens with zero attached hydrogens (tertiary/aromatic N) is 1. The number of hydrogen-bond donors (Lipinski definition) is 1. The Hall–Kier alpha value is -1.02. The van der Waals surface area contributed by atoms with Crippen LogP contribution in [0.3, 0.4) is 0 Å². The smallest absolute Gasteiger partial charge is 0.0399 e. The normalized spacial score (nSPS) is 14.9. The molecule has 1 heterocycles. The zero-order valence-corrected chi connectivity index (χ0v) is 13.0. The van der Waals surface area contributed by atoms with Gasteiger partial charge in [-0.3, -0.25) is 0 Å². The van der Waals surface area contributed by atoms with E-state index < -0.39 is 0 Å². The van der Waals surface area contributed by atoms with E-state index in [9.17, 15) is 0 Å². The fourth-order valence-electron chi connectivity index (χ4n) is 3.02. The predicted octanol–water partition coefficient (Wildman–Crippen LogP) is 4.00. The highest BCUT2D eigenvalue weighted by Crippen LogP contribution is 2.25. The van der Waals surface area contributed by atoms with Crippen molar-refractivity contribution in [1.29, 1.82) is 0 Å². The number of hydrogen-bond acceptors (Lipinski definition) is 2. The van der Waals surface area contributed by atoms with E-state index in [2.05, 4.69) is 41.4 Å².